The van der Waals surface area contributed by atoms with E-state index in [1.807, 2.05) is 37.3 Å². The molecular weight excluding hydrogens is 433 g/mol. The van der Waals surface area contributed by atoms with Gasteiger partial charge in [-0.2, -0.15) is 4.31 Å². The highest BCUT2D eigenvalue weighted by molar-refractivity contribution is 7.89. The predicted octanol–water partition coefficient (Wildman–Crippen LogP) is 2.88. The molecule has 4 rings (SSSR count). The molecule has 7 nitrogen and oxygen atoms in total. The summed E-state index contributed by atoms with van der Waals surface area (Å²) in [5.74, 6) is -0.717. The highest BCUT2D eigenvalue weighted by Crippen LogP contribution is 2.50. The number of nitrogens with zero attached hydrogens (tertiary/aromatic N) is 1. The molecule has 1 aliphatic heterocycles. The molecule has 172 valence electrons. The normalized spacial score (nSPS) is 19.1. The van der Waals surface area contributed by atoms with Gasteiger partial charge >= 0.3 is 6.09 Å². The molecular formula is C23H28FN3O4S. The molecule has 1 atom stereocenters. The molecule has 2 fully saturated rings. The topological polar surface area (TPSA) is 87.7 Å². The van der Waals surface area contributed by atoms with Gasteiger partial charge in [-0.05, 0) is 37.5 Å². The minimum Gasteiger partial charge on any atom is -0.445 e. The molecule has 1 saturated heterocycles. The molecule has 32 heavy (non-hydrogen) atoms. The number of carbonyl (C=O) groups is 1. The van der Waals surface area contributed by atoms with Crippen LogP contribution in [-0.4, -0.2) is 50.5 Å². The van der Waals surface area contributed by atoms with Crippen molar-refractivity contribution < 1.29 is 22.3 Å². The van der Waals surface area contributed by atoms with E-state index in [-0.39, 0.29) is 29.0 Å². The van der Waals surface area contributed by atoms with E-state index in [2.05, 4.69) is 10.6 Å². The number of rotatable bonds is 8. The fourth-order valence-corrected chi connectivity index (χ4v) is 6.23. The molecule has 2 aliphatic rings. The van der Waals surface area contributed by atoms with E-state index in [4.69, 9.17) is 4.74 Å². The van der Waals surface area contributed by atoms with Gasteiger partial charge in [0.25, 0.3) is 0 Å². The van der Waals surface area contributed by atoms with E-state index in [1.54, 1.807) is 0 Å². The maximum absolute atomic E-state index is 13.9. The highest BCUT2D eigenvalue weighted by Gasteiger charge is 2.55. The van der Waals surface area contributed by atoms with Crippen LogP contribution in [0, 0.1) is 11.2 Å². The zero-order valence-electron chi connectivity index (χ0n) is 18.0. The molecule has 9 heteroatoms. The summed E-state index contributed by atoms with van der Waals surface area (Å²) in [4.78, 5) is 11.6. The van der Waals surface area contributed by atoms with Crippen molar-refractivity contribution in [2.75, 3.05) is 19.6 Å². The van der Waals surface area contributed by atoms with Crippen molar-refractivity contribution in [3.8, 4) is 0 Å². The van der Waals surface area contributed by atoms with Crippen molar-refractivity contribution in [3.63, 3.8) is 0 Å². The Hall–Kier alpha value is -2.49. The molecule has 1 heterocycles. The van der Waals surface area contributed by atoms with Gasteiger partial charge in [-0.25, -0.2) is 17.6 Å². The van der Waals surface area contributed by atoms with Crippen LogP contribution in [0.2, 0.25) is 0 Å². The SMILES string of the molecule is C[C@H](CNC(=O)OCc1ccccc1)NC1CC2(C1)CN(S(=O)(=O)c1ccccc1F)C2. The summed E-state index contributed by atoms with van der Waals surface area (Å²) < 4.78 is 45.7. The average Bonchev–Trinajstić information content (AvgIpc) is 2.72. The highest BCUT2D eigenvalue weighted by atomic mass is 32.2. The number of ether oxygens (including phenoxy) is 1. The second kappa shape index (κ2) is 9.17. The van der Waals surface area contributed by atoms with Gasteiger partial charge in [-0.15, -0.1) is 0 Å². The Balaban J connectivity index is 1.15. The van der Waals surface area contributed by atoms with Crippen LogP contribution in [-0.2, 0) is 21.4 Å². The van der Waals surface area contributed by atoms with E-state index in [1.165, 1.54) is 28.6 Å². The van der Waals surface area contributed by atoms with Gasteiger partial charge in [-0.3, -0.25) is 0 Å². The monoisotopic (exact) mass is 461 g/mol. The van der Waals surface area contributed by atoms with Crippen LogP contribution in [0.15, 0.2) is 59.5 Å². The second-order valence-electron chi connectivity index (χ2n) is 8.82. The molecule has 1 saturated carbocycles. The Morgan fingerprint density at radius 3 is 2.50 bits per heavy atom. The summed E-state index contributed by atoms with van der Waals surface area (Å²) >= 11 is 0. The third-order valence-electron chi connectivity index (χ3n) is 6.12. The van der Waals surface area contributed by atoms with Gasteiger partial charge in [0.2, 0.25) is 10.0 Å². The molecule has 0 bridgehead atoms. The standard InChI is InChI=1S/C23H28FN3O4S/c1-17(13-25-22(28)31-14-18-7-3-2-4-8-18)26-19-11-23(12-19)15-27(16-23)32(29,30)21-10-6-5-9-20(21)24/h2-10,17,19,26H,11-16H2,1H3,(H,25,28)/t17-/m1/s1. The molecule has 0 unspecified atom stereocenters. The number of halogens is 1. The van der Waals surface area contributed by atoms with Crippen LogP contribution in [0.3, 0.4) is 0 Å². The molecule has 2 aromatic carbocycles. The van der Waals surface area contributed by atoms with Gasteiger partial charge < -0.3 is 15.4 Å². The van der Waals surface area contributed by atoms with Gasteiger partial charge in [-0.1, -0.05) is 42.5 Å². The van der Waals surface area contributed by atoms with Crippen LogP contribution in [0.5, 0.6) is 0 Å². The molecule has 1 spiro atoms. The summed E-state index contributed by atoms with van der Waals surface area (Å²) in [7, 11) is -3.79. The largest absolute Gasteiger partial charge is 0.445 e. The Morgan fingerprint density at radius 1 is 1.16 bits per heavy atom. The van der Waals surface area contributed by atoms with Gasteiger partial charge in [0.1, 0.15) is 17.3 Å². The fourth-order valence-electron chi connectivity index (χ4n) is 4.50. The minimum absolute atomic E-state index is 0.0300. The van der Waals surface area contributed by atoms with E-state index >= 15 is 0 Å². The third-order valence-corrected chi connectivity index (χ3v) is 7.95. The van der Waals surface area contributed by atoms with Crippen molar-refractivity contribution in [2.45, 2.75) is 43.4 Å². The Morgan fingerprint density at radius 2 is 1.81 bits per heavy atom. The molecule has 2 aromatic rings. The third kappa shape index (κ3) is 4.95. The zero-order valence-corrected chi connectivity index (χ0v) is 18.8. The minimum atomic E-state index is -3.79. The number of hydrogen-bond acceptors (Lipinski definition) is 5. The number of alkyl carbamates (subject to hydrolysis) is 1. The number of nitrogens with one attached hydrogen (secondary N) is 2. The lowest BCUT2D eigenvalue weighted by Gasteiger charge is -2.58. The number of amides is 1. The van der Waals surface area contributed by atoms with Gasteiger partial charge in [0.15, 0.2) is 0 Å². The smallest absolute Gasteiger partial charge is 0.407 e. The van der Waals surface area contributed by atoms with E-state index in [0.29, 0.717) is 19.6 Å². The van der Waals surface area contributed by atoms with E-state index < -0.39 is 21.9 Å². The average molecular weight is 462 g/mol. The lowest BCUT2D eigenvalue weighted by atomic mass is 9.61. The van der Waals surface area contributed by atoms with Crippen molar-refractivity contribution in [2.24, 2.45) is 5.41 Å². The number of hydrogen-bond donors (Lipinski definition) is 2. The first kappa shape index (κ1) is 22.7. The van der Waals surface area contributed by atoms with Crippen LogP contribution >= 0.6 is 0 Å². The first-order chi connectivity index (χ1) is 15.3. The lowest BCUT2D eigenvalue weighted by Crippen LogP contribution is -2.67. The lowest BCUT2D eigenvalue weighted by molar-refractivity contribution is -0.0362. The summed E-state index contributed by atoms with van der Waals surface area (Å²) in [6, 6.07) is 15.3. The number of sulfonamides is 1. The summed E-state index contributed by atoms with van der Waals surface area (Å²) in [5.41, 5.74) is 0.901. The van der Waals surface area contributed by atoms with E-state index in [9.17, 15) is 17.6 Å². The molecule has 2 N–H and O–H groups in total. The van der Waals surface area contributed by atoms with Crippen LogP contribution in [0.1, 0.15) is 25.3 Å². The maximum atomic E-state index is 13.9. The van der Waals surface area contributed by atoms with Crippen molar-refractivity contribution >= 4 is 16.1 Å². The Kier molecular flexibility index (Phi) is 6.50. The second-order valence-corrected chi connectivity index (χ2v) is 10.7. The van der Waals surface area contributed by atoms with Crippen molar-refractivity contribution in [1.29, 1.82) is 0 Å². The summed E-state index contributed by atoms with van der Waals surface area (Å²) in [5, 5.41) is 6.22. The quantitative estimate of drug-likeness (QED) is 0.631. The number of benzene rings is 2. The summed E-state index contributed by atoms with van der Waals surface area (Å²) in [6.07, 6.45) is 1.26. The predicted molar refractivity (Wildman–Crippen MR) is 118 cm³/mol. The Labute approximate surface area is 188 Å². The maximum Gasteiger partial charge on any atom is 0.407 e. The zero-order chi connectivity index (χ0) is 22.8. The molecule has 1 aliphatic carbocycles. The van der Waals surface area contributed by atoms with Gasteiger partial charge in [0, 0.05) is 37.1 Å². The van der Waals surface area contributed by atoms with Crippen LogP contribution in [0.4, 0.5) is 9.18 Å². The van der Waals surface area contributed by atoms with Crippen LogP contribution in [0.25, 0.3) is 0 Å². The van der Waals surface area contributed by atoms with E-state index in [0.717, 1.165) is 18.4 Å². The van der Waals surface area contributed by atoms with Gasteiger partial charge in [0.05, 0.1) is 0 Å². The summed E-state index contributed by atoms with van der Waals surface area (Å²) in [6.45, 7) is 3.48. The molecule has 0 aromatic heterocycles. The fraction of sp³-hybridized carbons (Fsp3) is 0.435. The van der Waals surface area contributed by atoms with Crippen molar-refractivity contribution in [3.05, 3.63) is 66.0 Å². The first-order valence-electron chi connectivity index (χ1n) is 10.7. The molecule has 1 amide bonds. The van der Waals surface area contributed by atoms with Crippen LogP contribution < -0.4 is 10.6 Å². The Bertz CT molecular complexity index is 1050. The van der Waals surface area contributed by atoms with Crippen molar-refractivity contribution in [1.82, 2.24) is 14.9 Å². The number of carbonyl (C=O) groups excluding carboxylic acids is 1. The first-order valence-corrected chi connectivity index (χ1v) is 12.2. The molecule has 0 radical (unpaired) electrons.